The predicted octanol–water partition coefficient (Wildman–Crippen LogP) is 6.67. The Balaban J connectivity index is 1.60. The number of carbonyl (C=O) groups is 1. The summed E-state index contributed by atoms with van der Waals surface area (Å²) in [6, 6.07) is 35.0. The Bertz CT molecular complexity index is 1470. The van der Waals surface area contributed by atoms with Crippen LogP contribution < -0.4 is 15.5 Å². The highest BCUT2D eigenvalue weighted by atomic mass is 16.2. The van der Waals surface area contributed by atoms with Crippen LogP contribution in [0.5, 0.6) is 0 Å². The van der Waals surface area contributed by atoms with Gasteiger partial charge in [-0.25, -0.2) is 0 Å². The number of azide groups is 1. The summed E-state index contributed by atoms with van der Waals surface area (Å²) in [7, 11) is 0. The molecule has 39 heavy (non-hydrogen) atoms. The van der Waals surface area contributed by atoms with Gasteiger partial charge in [-0.2, -0.15) is 0 Å². The average Bonchev–Trinajstić information content (AvgIpc) is 2.99. The van der Waals surface area contributed by atoms with Crippen molar-refractivity contribution in [2.75, 3.05) is 10.2 Å². The lowest BCUT2D eigenvalue weighted by Gasteiger charge is -2.43. The van der Waals surface area contributed by atoms with E-state index in [1.54, 1.807) is 4.90 Å². The molecule has 1 heterocycles. The lowest BCUT2D eigenvalue weighted by Crippen LogP contribution is -2.59. The number of terminal acetylenes is 1. The molecule has 1 amide bonds. The van der Waals surface area contributed by atoms with E-state index < -0.39 is 6.17 Å². The van der Waals surface area contributed by atoms with Gasteiger partial charge in [0, 0.05) is 22.7 Å². The predicted molar refractivity (Wildman–Crippen MR) is 155 cm³/mol. The van der Waals surface area contributed by atoms with Crippen LogP contribution in [-0.2, 0) is 6.54 Å². The zero-order chi connectivity index (χ0) is 27.0. The number of para-hydroxylation sites is 1. The first-order valence-electron chi connectivity index (χ1n) is 12.8. The molecule has 2 unspecified atom stereocenters. The van der Waals surface area contributed by atoms with E-state index in [4.69, 9.17) is 12.0 Å². The van der Waals surface area contributed by atoms with Crippen molar-refractivity contribution in [3.8, 4) is 12.3 Å². The first-order chi connectivity index (χ1) is 19.2. The van der Waals surface area contributed by atoms with Crippen molar-refractivity contribution in [1.82, 2.24) is 5.32 Å². The van der Waals surface area contributed by atoms with Crippen LogP contribution in [0.4, 0.5) is 11.4 Å². The number of hydrogen-bond acceptors (Lipinski definition) is 4. The topological polar surface area (TPSA) is 93.1 Å². The minimum atomic E-state index is -0.493. The van der Waals surface area contributed by atoms with Gasteiger partial charge in [0.15, 0.2) is 0 Å². The van der Waals surface area contributed by atoms with E-state index in [0.717, 1.165) is 16.8 Å². The third-order valence-electron chi connectivity index (χ3n) is 6.87. The van der Waals surface area contributed by atoms with E-state index in [2.05, 4.69) is 50.8 Å². The summed E-state index contributed by atoms with van der Waals surface area (Å²) in [4.78, 5) is 18.9. The number of amides is 1. The maximum atomic E-state index is 14.2. The number of rotatable bonds is 9. The smallest absolute Gasteiger partial charge is 0.262 e. The molecule has 1 aliphatic rings. The lowest BCUT2D eigenvalue weighted by atomic mass is 9.94. The van der Waals surface area contributed by atoms with Crippen LogP contribution in [0.2, 0.25) is 0 Å². The molecule has 4 aromatic carbocycles. The van der Waals surface area contributed by atoms with Crippen molar-refractivity contribution >= 4 is 17.3 Å². The van der Waals surface area contributed by atoms with Crippen molar-refractivity contribution in [2.24, 2.45) is 5.11 Å². The molecule has 0 saturated heterocycles. The highest BCUT2D eigenvalue weighted by Crippen LogP contribution is 2.35. The molecule has 0 aromatic heterocycles. The summed E-state index contributed by atoms with van der Waals surface area (Å²) in [5.41, 5.74) is 13.7. The molecule has 2 N–H and O–H groups in total. The monoisotopic (exact) mass is 512 g/mol. The Labute approximate surface area is 228 Å². The number of fused-ring (bicyclic) bond motifs is 1. The zero-order valence-corrected chi connectivity index (χ0v) is 21.3. The summed E-state index contributed by atoms with van der Waals surface area (Å²) >= 11 is 0. The number of carbonyl (C=O) groups excluding carboxylic acids is 1. The molecule has 0 bridgehead atoms. The Hall–Kier alpha value is -5.02. The molecule has 4 aromatic rings. The molecule has 0 aliphatic carbocycles. The highest BCUT2D eigenvalue weighted by molar-refractivity contribution is 6.13. The molecule has 0 spiro atoms. The Morgan fingerprint density at radius 2 is 1.54 bits per heavy atom. The van der Waals surface area contributed by atoms with Crippen LogP contribution in [-0.4, -0.2) is 18.1 Å². The van der Waals surface area contributed by atoms with E-state index in [9.17, 15) is 4.79 Å². The van der Waals surface area contributed by atoms with E-state index >= 15 is 0 Å². The van der Waals surface area contributed by atoms with Crippen LogP contribution in [0, 0.1) is 12.3 Å². The normalized spacial score (nSPS) is 15.0. The van der Waals surface area contributed by atoms with Crippen molar-refractivity contribution in [2.45, 2.75) is 31.2 Å². The molecule has 192 valence electrons. The third-order valence-corrected chi connectivity index (χ3v) is 6.87. The highest BCUT2D eigenvalue weighted by Gasteiger charge is 2.39. The Morgan fingerprint density at radius 3 is 2.13 bits per heavy atom. The van der Waals surface area contributed by atoms with Gasteiger partial charge < -0.3 is 5.32 Å². The van der Waals surface area contributed by atoms with Gasteiger partial charge in [0.25, 0.3) is 5.91 Å². The fraction of sp³-hybridized carbons (Fsp3) is 0.156. The molecule has 0 fully saturated rings. The van der Waals surface area contributed by atoms with Gasteiger partial charge in [-0.15, -0.1) is 12.3 Å². The first kappa shape index (κ1) is 25.6. The number of benzene rings is 4. The van der Waals surface area contributed by atoms with E-state index in [1.165, 1.54) is 0 Å². The fourth-order valence-corrected chi connectivity index (χ4v) is 5.11. The van der Waals surface area contributed by atoms with Gasteiger partial charge in [-0.1, -0.05) is 96.1 Å². The van der Waals surface area contributed by atoms with Crippen LogP contribution in [0.3, 0.4) is 0 Å². The molecule has 5 rings (SSSR count). The summed E-state index contributed by atoms with van der Waals surface area (Å²) < 4.78 is 0. The maximum absolute atomic E-state index is 14.2. The first-order valence-corrected chi connectivity index (χ1v) is 12.8. The minimum absolute atomic E-state index is 0.0799. The fourth-order valence-electron chi connectivity index (χ4n) is 5.11. The quantitative estimate of drug-likeness (QED) is 0.114. The summed E-state index contributed by atoms with van der Waals surface area (Å²) in [5, 5.41) is 11.1. The average molecular weight is 513 g/mol. The van der Waals surface area contributed by atoms with Crippen LogP contribution in [0.25, 0.3) is 10.4 Å². The molecule has 2 atom stereocenters. The molecule has 0 radical (unpaired) electrons. The Kier molecular flexibility index (Phi) is 7.89. The van der Waals surface area contributed by atoms with Crippen molar-refractivity contribution in [3.05, 3.63) is 142 Å². The number of hydrogen-bond donors (Lipinski definition) is 2. The lowest BCUT2D eigenvalue weighted by molar-refractivity contribution is 0.0967. The molecule has 1 aliphatic heterocycles. The van der Waals surface area contributed by atoms with Crippen molar-refractivity contribution in [1.29, 1.82) is 0 Å². The van der Waals surface area contributed by atoms with Gasteiger partial charge in [-0.3, -0.25) is 15.0 Å². The van der Waals surface area contributed by atoms with Gasteiger partial charge in [0.2, 0.25) is 0 Å². The van der Waals surface area contributed by atoms with Gasteiger partial charge in [0.1, 0.15) is 6.17 Å². The van der Waals surface area contributed by atoms with Gasteiger partial charge >= 0.3 is 0 Å². The van der Waals surface area contributed by atoms with E-state index in [-0.39, 0.29) is 24.5 Å². The maximum Gasteiger partial charge on any atom is 0.262 e. The van der Waals surface area contributed by atoms with Crippen LogP contribution >= 0.6 is 0 Å². The number of anilines is 2. The third kappa shape index (κ3) is 5.48. The second-order valence-corrected chi connectivity index (χ2v) is 9.26. The van der Waals surface area contributed by atoms with Crippen molar-refractivity contribution < 1.29 is 4.79 Å². The summed E-state index contributed by atoms with van der Waals surface area (Å²) in [6.07, 6.45) is 5.79. The molecule has 7 heteroatoms. The molecular formula is C32H28N6O. The summed E-state index contributed by atoms with van der Waals surface area (Å²) in [5.74, 6) is 2.65. The van der Waals surface area contributed by atoms with E-state index in [1.807, 2.05) is 84.9 Å². The standard InChI is InChI=1S/C32H28N6O/c1-2-13-28(35-30(23-14-6-3-7-15-23)24-16-8-4-9-17-24)31-36-27-21-12-18-25(22-34-37-33)29(27)32(39)38(31)26-19-10-5-11-20-26/h1,3-12,14-21,28,30-31,35-36H,13,22H2. The molecule has 0 saturated carbocycles. The zero-order valence-electron chi connectivity index (χ0n) is 21.3. The summed E-state index contributed by atoms with van der Waals surface area (Å²) in [6.45, 7) is 0.0799. The minimum Gasteiger partial charge on any atom is -0.363 e. The second kappa shape index (κ2) is 12.0. The van der Waals surface area contributed by atoms with Crippen molar-refractivity contribution in [3.63, 3.8) is 0 Å². The number of nitrogens with one attached hydrogen (secondary N) is 2. The van der Waals surface area contributed by atoms with E-state index in [0.29, 0.717) is 23.2 Å². The second-order valence-electron chi connectivity index (χ2n) is 9.26. The largest absolute Gasteiger partial charge is 0.363 e. The SMILES string of the molecule is C#CCC(NC(c1ccccc1)c1ccccc1)C1Nc2cccc(CN=[N+]=[N-])c2C(=O)N1c1ccccc1. The molecule has 7 nitrogen and oxygen atoms in total. The van der Waals surface area contributed by atoms with Crippen LogP contribution in [0.15, 0.2) is 114 Å². The van der Waals surface area contributed by atoms with Crippen LogP contribution in [0.1, 0.15) is 39.5 Å². The van der Waals surface area contributed by atoms with Gasteiger partial charge in [0.05, 0.1) is 24.2 Å². The number of nitrogens with zero attached hydrogens (tertiary/aromatic N) is 4. The Morgan fingerprint density at radius 1 is 0.923 bits per heavy atom. The molecular weight excluding hydrogens is 484 g/mol. The van der Waals surface area contributed by atoms with Gasteiger partial charge in [-0.05, 0) is 40.4 Å².